The number of fused-ring (bicyclic) bond motifs is 2. The van der Waals surface area contributed by atoms with Crippen LogP contribution in [0.5, 0.6) is 0 Å². The van der Waals surface area contributed by atoms with E-state index < -0.39 is 0 Å². The van der Waals surface area contributed by atoms with Crippen molar-refractivity contribution in [3.63, 3.8) is 0 Å². The van der Waals surface area contributed by atoms with Crippen LogP contribution in [-0.4, -0.2) is 59.7 Å². The molecule has 0 radical (unpaired) electrons. The van der Waals surface area contributed by atoms with E-state index in [1.165, 1.54) is 25.9 Å². The molecule has 0 aliphatic carbocycles. The molecular formula is C31H29FN8. The molecule has 200 valence electrons. The van der Waals surface area contributed by atoms with Crippen LogP contribution >= 0.6 is 0 Å². The molecule has 1 fully saturated rings. The SMILES string of the molecule is Cc1cncc(-c2cc3c(-c4nc5nccc(-c6cc(F)cc(CCCN7CCCC7)c6)c5[nH]4)n[nH]c3cn2)c1. The maximum absolute atomic E-state index is 14.8. The van der Waals surface area contributed by atoms with Crippen molar-refractivity contribution in [2.24, 2.45) is 0 Å². The van der Waals surface area contributed by atoms with Crippen molar-refractivity contribution in [2.45, 2.75) is 32.6 Å². The molecule has 0 spiro atoms. The van der Waals surface area contributed by atoms with E-state index in [1.807, 2.05) is 25.3 Å². The summed E-state index contributed by atoms with van der Waals surface area (Å²) in [5.74, 6) is 0.352. The zero-order chi connectivity index (χ0) is 27.1. The largest absolute Gasteiger partial charge is 0.335 e. The number of pyridine rings is 3. The van der Waals surface area contributed by atoms with E-state index in [9.17, 15) is 4.39 Å². The van der Waals surface area contributed by atoms with Crippen LogP contribution in [0.3, 0.4) is 0 Å². The minimum Gasteiger partial charge on any atom is -0.335 e. The first kappa shape index (κ1) is 24.5. The topological polar surface area (TPSA) is 99.3 Å². The highest BCUT2D eigenvalue weighted by Crippen LogP contribution is 2.32. The summed E-state index contributed by atoms with van der Waals surface area (Å²) in [5, 5.41) is 8.49. The van der Waals surface area contributed by atoms with Crippen LogP contribution in [-0.2, 0) is 6.42 Å². The fourth-order valence-electron chi connectivity index (χ4n) is 5.68. The molecule has 0 unspecified atom stereocenters. The Balaban J connectivity index is 1.23. The third-order valence-corrected chi connectivity index (χ3v) is 7.64. The molecule has 0 atom stereocenters. The van der Waals surface area contributed by atoms with Crippen LogP contribution in [0.1, 0.15) is 30.4 Å². The molecule has 40 heavy (non-hydrogen) atoms. The lowest BCUT2D eigenvalue weighted by Crippen LogP contribution is -2.20. The standard InChI is InChI=1S/C31H29FN8/c1-19-11-22(17-33-16-19)26-15-25-27(18-35-26)38-39-29(25)31-36-28-24(6-7-34-30(28)37-31)21-12-20(13-23(32)14-21)5-4-10-40-8-2-3-9-40/h6-7,11-18H,2-5,8-10H2,1H3,(H,38,39)(H,34,36,37). The second-order valence-electron chi connectivity index (χ2n) is 10.6. The minimum absolute atomic E-state index is 0.234. The fraction of sp³-hybridized carbons (Fsp3) is 0.258. The molecule has 9 heteroatoms. The lowest BCUT2D eigenvalue weighted by Gasteiger charge is -2.14. The molecular weight excluding hydrogens is 503 g/mol. The van der Waals surface area contributed by atoms with Gasteiger partial charge in [0.05, 0.1) is 22.9 Å². The molecule has 1 aliphatic rings. The highest BCUT2D eigenvalue weighted by Gasteiger charge is 2.18. The van der Waals surface area contributed by atoms with Gasteiger partial charge in [0, 0.05) is 35.1 Å². The number of aromatic nitrogens is 7. The Hall–Kier alpha value is -4.50. The Morgan fingerprint density at radius 2 is 1.88 bits per heavy atom. The number of aryl methyl sites for hydroxylation is 2. The Bertz CT molecular complexity index is 1830. The van der Waals surface area contributed by atoms with E-state index in [4.69, 9.17) is 4.98 Å². The van der Waals surface area contributed by atoms with Crippen LogP contribution in [0.15, 0.2) is 61.2 Å². The second kappa shape index (κ2) is 10.2. The second-order valence-corrected chi connectivity index (χ2v) is 10.6. The predicted octanol–water partition coefficient (Wildman–Crippen LogP) is 6.10. The molecule has 6 heterocycles. The summed E-state index contributed by atoms with van der Waals surface area (Å²) < 4.78 is 14.8. The molecule has 0 amide bonds. The smallest absolute Gasteiger partial charge is 0.178 e. The molecule has 0 saturated carbocycles. The van der Waals surface area contributed by atoms with Crippen LogP contribution in [0.25, 0.3) is 56.0 Å². The van der Waals surface area contributed by atoms with Gasteiger partial charge in [0.1, 0.15) is 11.5 Å². The Labute approximate surface area is 230 Å². The van der Waals surface area contributed by atoms with E-state index in [0.29, 0.717) is 17.2 Å². The molecule has 5 aromatic heterocycles. The lowest BCUT2D eigenvalue weighted by molar-refractivity contribution is 0.334. The van der Waals surface area contributed by atoms with Crippen LogP contribution in [0, 0.1) is 12.7 Å². The summed E-state index contributed by atoms with van der Waals surface area (Å²) in [7, 11) is 0. The average Bonchev–Trinajstić information content (AvgIpc) is 3.72. The van der Waals surface area contributed by atoms with E-state index >= 15 is 0 Å². The molecule has 0 bridgehead atoms. The number of hydrogen-bond donors (Lipinski definition) is 2. The monoisotopic (exact) mass is 532 g/mol. The number of imidazole rings is 1. The number of rotatable bonds is 7. The van der Waals surface area contributed by atoms with Gasteiger partial charge in [-0.25, -0.2) is 14.4 Å². The van der Waals surface area contributed by atoms with Crippen molar-refractivity contribution in [2.75, 3.05) is 19.6 Å². The van der Waals surface area contributed by atoms with E-state index in [2.05, 4.69) is 47.2 Å². The van der Waals surface area contributed by atoms with Gasteiger partial charge in [0.2, 0.25) is 0 Å². The van der Waals surface area contributed by atoms with E-state index in [0.717, 1.165) is 69.3 Å². The van der Waals surface area contributed by atoms with Gasteiger partial charge in [0.25, 0.3) is 0 Å². The van der Waals surface area contributed by atoms with Crippen LogP contribution in [0.2, 0.25) is 0 Å². The number of nitrogens with zero attached hydrogens (tertiary/aromatic N) is 6. The molecule has 1 saturated heterocycles. The van der Waals surface area contributed by atoms with Crippen molar-refractivity contribution < 1.29 is 4.39 Å². The van der Waals surface area contributed by atoms with Gasteiger partial charge in [0.15, 0.2) is 11.5 Å². The van der Waals surface area contributed by atoms with Crippen molar-refractivity contribution in [3.05, 3.63) is 78.1 Å². The van der Waals surface area contributed by atoms with Crippen molar-refractivity contribution in [1.82, 2.24) is 40.0 Å². The summed E-state index contributed by atoms with van der Waals surface area (Å²) in [4.78, 5) is 24.1. The zero-order valence-corrected chi connectivity index (χ0v) is 22.3. The van der Waals surface area contributed by atoms with Crippen LogP contribution < -0.4 is 0 Å². The highest BCUT2D eigenvalue weighted by molar-refractivity contribution is 5.96. The number of nitrogens with one attached hydrogen (secondary N) is 2. The fourth-order valence-corrected chi connectivity index (χ4v) is 5.68. The Morgan fingerprint density at radius 3 is 2.75 bits per heavy atom. The van der Waals surface area contributed by atoms with Crippen LogP contribution in [0.4, 0.5) is 4.39 Å². The normalized spacial score (nSPS) is 14.1. The van der Waals surface area contributed by atoms with Gasteiger partial charge >= 0.3 is 0 Å². The van der Waals surface area contributed by atoms with E-state index in [-0.39, 0.29) is 5.82 Å². The lowest BCUT2D eigenvalue weighted by atomic mass is 10.0. The first-order valence-electron chi connectivity index (χ1n) is 13.7. The van der Waals surface area contributed by atoms with E-state index in [1.54, 1.807) is 30.7 Å². The number of halogens is 1. The summed E-state index contributed by atoms with van der Waals surface area (Å²) in [6.07, 6.45) is 11.5. The molecule has 8 nitrogen and oxygen atoms in total. The van der Waals surface area contributed by atoms with Gasteiger partial charge < -0.3 is 9.88 Å². The third-order valence-electron chi connectivity index (χ3n) is 7.64. The summed E-state index contributed by atoms with van der Waals surface area (Å²) in [6, 6.07) is 11.3. The molecule has 1 aromatic carbocycles. The zero-order valence-electron chi connectivity index (χ0n) is 22.3. The molecule has 7 rings (SSSR count). The number of likely N-dealkylation sites (tertiary alicyclic amines) is 1. The quantitative estimate of drug-likeness (QED) is 0.258. The number of aromatic amines is 2. The summed E-state index contributed by atoms with van der Waals surface area (Å²) >= 11 is 0. The van der Waals surface area contributed by atoms with Crippen molar-refractivity contribution in [1.29, 1.82) is 0 Å². The summed E-state index contributed by atoms with van der Waals surface area (Å²) in [6.45, 7) is 5.42. The van der Waals surface area contributed by atoms with Gasteiger partial charge in [-0.3, -0.25) is 15.1 Å². The Morgan fingerprint density at radius 1 is 0.975 bits per heavy atom. The van der Waals surface area contributed by atoms with Gasteiger partial charge in [-0.1, -0.05) is 6.07 Å². The summed E-state index contributed by atoms with van der Waals surface area (Å²) in [5.41, 5.74) is 8.25. The van der Waals surface area contributed by atoms with Crippen molar-refractivity contribution in [3.8, 4) is 33.9 Å². The number of hydrogen-bond acceptors (Lipinski definition) is 6. The number of benzene rings is 1. The van der Waals surface area contributed by atoms with Gasteiger partial charge in [-0.2, -0.15) is 5.10 Å². The first-order valence-corrected chi connectivity index (χ1v) is 13.7. The third kappa shape index (κ3) is 4.73. The maximum Gasteiger partial charge on any atom is 0.178 e. The first-order chi connectivity index (χ1) is 19.6. The highest BCUT2D eigenvalue weighted by atomic mass is 19.1. The minimum atomic E-state index is -0.234. The maximum atomic E-state index is 14.8. The van der Waals surface area contributed by atoms with Gasteiger partial charge in [-0.15, -0.1) is 0 Å². The number of H-pyrrole nitrogens is 2. The van der Waals surface area contributed by atoms with Gasteiger partial charge in [-0.05, 0) is 99.3 Å². The molecule has 1 aliphatic heterocycles. The molecule has 2 N–H and O–H groups in total. The molecule has 6 aromatic rings. The Kier molecular flexibility index (Phi) is 6.28. The van der Waals surface area contributed by atoms with Crippen molar-refractivity contribution >= 4 is 22.1 Å². The average molecular weight is 533 g/mol. The predicted molar refractivity (Wildman–Crippen MR) is 154 cm³/mol.